The van der Waals surface area contributed by atoms with Gasteiger partial charge in [-0.1, -0.05) is 38.3 Å². The zero-order valence-electron chi connectivity index (χ0n) is 23.8. The van der Waals surface area contributed by atoms with Gasteiger partial charge in [0.2, 0.25) is 0 Å². The zero-order chi connectivity index (χ0) is 27.7. The van der Waals surface area contributed by atoms with Crippen molar-refractivity contribution in [3.63, 3.8) is 0 Å². The molecule has 7 atom stereocenters. The summed E-state index contributed by atoms with van der Waals surface area (Å²) in [5.41, 5.74) is 6.52. The summed E-state index contributed by atoms with van der Waals surface area (Å²) < 4.78 is 29.1. The third kappa shape index (κ3) is 8.83. The molecule has 0 aromatic carbocycles. The Hall–Kier alpha value is -1.88. The highest BCUT2D eigenvalue weighted by Gasteiger charge is 2.66. The molecule has 1 saturated carbocycles. The van der Waals surface area contributed by atoms with Crippen LogP contribution in [-0.4, -0.2) is 81.7 Å². The summed E-state index contributed by atoms with van der Waals surface area (Å²) in [5.74, 6) is 0.0561. The van der Waals surface area contributed by atoms with Crippen LogP contribution in [0.25, 0.3) is 0 Å². The predicted octanol–water partition coefficient (Wildman–Crippen LogP) is 3.67. The number of carbonyl (C=O) groups excluding carboxylic acids is 2. The van der Waals surface area contributed by atoms with Crippen LogP contribution in [0.4, 0.5) is 9.59 Å². The summed E-state index contributed by atoms with van der Waals surface area (Å²) in [7, 11) is 1.66. The Labute approximate surface area is 227 Å². The molecule has 10 nitrogen and oxygen atoms in total. The van der Waals surface area contributed by atoms with Gasteiger partial charge >= 0.3 is 12.2 Å². The number of hydrogen-bond acceptors (Lipinski definition) is 8. The molecule has 0 aromatic heterocycles. The molecule has 1 aliphatic carbocycles. The van der Waals surface area contributed by atoms with Crippen molar-refractivity contribution in [2.45, 2.75) is 109 Å². The van der Waals surface area contributed by atoms with Gasteiger partial charge in [-0.2, -0.15) is 0 Å². The summed E-state index contributed by atoms with van der Waals surface area (Å²) in [5, 5.41) is 5.65. The number of alkyl carbamates (subject to hydrolysis) is 2. The minimum atomic E-state index is -0.538. The number of nitrogens with one attached hydrogen (secondary N) is 2. The topological polar surface area (TPSA) is 137 Å². The summed E-state index contributed by atoms with van der Waals surface area (Å²) in [4.78, 5) is 25.0. The van der Waals surface area contributed by atoms with Gasteiger partial charge in [0.05, 0.1) is 30.5 Å². The lowest BCUT2D eigenvalue weighted by atomic mass is 9.73. The van der Waals surface area contributed by atoms with Gasteiger partial charge in [-0.15, -0.1) is 0 Å². The third-order valence-corrected chi connectivity index (χ3v) is 7.86. The summed E-state index contributed by atoms with van der Waals surface area (Å²) in [6, 6.07) is -0.378. The average molecular weight is 540 g/mol. The van der Waals surface area contributed by atoms with Gasteiger partial charge in [0, 0.05) is 19.6 Å². The fraction of sp³-hybridized carbons (Fsp3) is 0.857. The second-order valence-corrected chi connectivity index (χ2v) is 11.4. The highest BCUT2D eigenvalue weighted by atomic mass is 16.6. The number of hydrogen-bond donors (Lipinski definition) is 3. The van der Waals surface area contributed by atoms with E-state index in [0.717, 1.165) is 38.5 Å². The van der Waals surface area contributed by atoms with Crippen molar-refractivity contribution in [3.8, 4) is 0 Å². The van der Waals surface area contributed by atoms with Crippen molar-refractivity contribution in [2.24, 2.45) is 17.6 Å². The van der Waals surface area contributed by atoms with E-state index in [2.05, 4.69) is 30.6 Å². The van der Waals surface area contributed by atoms with E-state index < -0.39 is 18.3 Å². The Morgan fingerprint density at radius 2 is 1.89 bits per heavy atom. The van der Waals surface area contributed by atoms with E-state index in [9.17, 15) is 9.59 Å². The highest BCUT2D eigenvalue weighted by molar-refractivity contribution is 5.69. The van der Waals surface area contributed by atoms with E-state index in [1.165, 1.54) is 5.57 Å². The van der Waals surface area contributed by atoms with E-state index in [4.69, 9.17) is 29.4 Å². The first kappa shape index (κ1) is 30.7. The van der Waals surface area contributed by atoms with Crippen LogP contribution in [0.1, 0.15) is 72.6 Å². The number of amides is 2. The Morgan fingerprint density at radius 3 is 2.53 bits per heavy atom. The maximum Gasteiger partial charge on any atom is 0.407 e. The van der Waals surface area contributed by atoms with Crippen LogP contribution in [-0.2, 0) is 23.7 Å². The summed E-state index contributed by atoms with van der Waals surface area (Å²) in [6.45, 7) is 10.1. The summed E-state index contributed by atoms with van der Waals surface area (Å²) in [6.07, 6.45) is 6.87. The first-order valence-corrected chi connectivity index (χ1v) is 14.2. The van der Waals surface area contributed by atoms with E-state index in [1.54, 1.807) is 7.11 Å². The summed E-state index contributed by atoms with van der Waals surface area (Å²) >= 11 is 0. The standard InChI is InChI=1S/C28H49N3O7/c1-18(2)10-11-21-25(37-21)23-24(34-5)22(12-13-28(23)17-36-28)38-27(33)31-20(19(3)4)16-35-26(32)30-15-9-7-6-8-14-29/h10,19-25H,6-9,11-17,29H2,1-5H3,(H,30,32)(H,31,33)/t20-,21+,22?,23?,24?,25-,28-/m0/s1. The second kappa shape index (κ2) is 14.5. The van der Waals surface area contributed by atoms with Gasteiger partial charge in [0.15, 0.2) is 0 Å². The Bertz CT molecular complexity index is 797. The molecule has 3 rings (SSSR count). The van der Waals surface area contributed by atoms with Gasteiger partial charge in [0.1, 0.15) is 18.8 Å². The molecule has 3 fully saturated rings. The van der Waals surface area contributed by atoms with Crippen LogP contribution in [0.2, 0.25) is 0 Å². The molecular weight excluding hydrogens is 490 g/mol. The Kier molecular flexibility index (Phi) is 11.7. The number of ether oxygens (including phenoxy) is 5. The minimum absolute atomic E-state index is 0.0119. The van der Waals surface area contributed by atoms with E-state index >= 15 is 0 Å². The first-order valence-electron chi connectivity index (χ1n) is 14.2. The number of allylic oxidation sites excluding steroid dienone is 1. The van der Waals surface area contributed by atoms with Crippen LogP contribution in [0.5, 0.6) is 0 Å². The molecule has 1 spiro atoms. The minimum Gasteiger partial charge on any atom is -0.447 e. The van der Waals surface area contributed by atoms with Crippen molar-refractivity contribution in [1.29, 1.82) is 0 Å². The van der Waals surface area contributed by atoms with Crippen LogP contribution in [0.3, 0.4) is 0 Å². The number of unbranched alkanes of at least 4 members (excludes halogenated alkanes) is 3. The molecule has 2 saturated heterocycles. The van der Waals surface area contributed by atoms with Crippen LogP contribution >= 0.6 is 0 Å². The average Bonchev–Trinajstić information content (AvgIpc) is 3.80. The molecule has 218 valence electrons. The lowest BCUT2D eigenvalue weighted by Gasteiger charge is -2.40. The molecule has 0 aromatic rings. The lowest BCUT2D eigenvalue weighted by molar-refractivity contribution is -0.106. The van der Waals surface area contributed by atoms with Crippen molar-refractivity contribution < 1.29 is 33.3 Å². The van der Waals surface area contributed by atoms with Crippen LogP contribution in [0.15, 0.2) is 11.6 Å². The second-order valence-electron chi connectivity index (χ2n) is 11.4. The molecule has 2 aliphatic heterocycles. The number of carbonyl (C=O) groups is 2. The monoisotopic (exact) mass is 539 g/mol. The molecule has 4 N–H and O–H groups in total. The largest absolute Gasteiger partial charge is 0.447 e. The van der Waals surface area contributed by atoms with Crippen LogP contribution in [0, 0.1) is 11.8 Å². The highest BCUT2D eigenvalue weighted by Crippen LogP contribution is 2.54. The maximum atomic E-state index is 12.9. The molecule has 3 unspecified atom stereocenters. The van der Waals surface area contributed by atoms with Crippen molar-refractivity contribution in [3.05, 3.63) is 11.6 Å². The predicted molar refractivity (Wildman–Crippen MR) is 144 cm³/mol. The van der Waals surface area contributed by atoms with Crippen LogP contribution < -0.4 is 16.4 Å². The van der Waals surface area contributed by atoms with E-state index in [-0.39, 0.29) is 48.4 Å². The fourth-order valence-corrected chi connectivity index (χ4v) is 5.36. The Morgan fingerprint density at radius 1 is 1.16 bits per heavy atom. The molecule has 2 amide bonds. The number of methoxy groups -OCH3 is 1. The fourth-order valence-electron chi connectivity index (χ4n) is 5.36. The first-order chi connectivity index (χ1) is 18.2. The molecule has 10 heteroatoms. The van der Waals surface area contributed by atoms with Gasteiger partial charge in [-0.05, 0) is 58.4 Å². The number of nitrogens with two attached hydrogens (primary N) is 1. The number of rotatable bonds is 15. The smallest absolute Gasteiger partial charge is 0.407 e. The molecule has 0 radical (unpaired) electrons. The quantitative estimate of drug-likeness (QED) is 0.163. The normalized spacial score (nSPS) is 30.4. The van der Waals surface area contributed by atoms with Crippen molar-refractivity contribution >= 4 is 12.2 Å². The van der Waals surface area contributed by atoms with Crippen molar-refractivity contribution in [1.82, 2.24) is 10.6 Å². The molecule has 38 heavy (non-hydrogen) atoms. The zero-order valence-corrected chi connectivity index (χ0v) is 23.8. The maximum absolute atomic E-state index is 12.9. The van der Waals surface area contributed by atoms with Crippen molar-refractivity contribution in [2.75, 3.05) is 33.4 Å². The number of epoxide rings is 2. The molecule has 3 aliphatic rings. The van der Waals surface area contributed by atoms with Gasteiger partial charge in [-0.25, -0.2) is 9.59 Å². The SMILES string of the molecule is COC1C(OC(=O)N[C@@H](COC(=O)NCCCCCCN)C(C)C)CC[C@]2(CO2)C1[C@H]1O[C@@H]1CC=C(C)C. The van der Waals surface area contributed by atoms with Gasteiger partial charge < -0.3 is 40.1 Å². The van der Waals surface area contributed by atoms with E-state index in [1.807, 2.05) is 13.8 Å². The van der Waals surface area contributed by atoms with E-state index in [0.29, 0.717) is 26.1 Å². The molecule has 0 bridgehead atoms. The molecule has 2 heterocycles. The lowest BCUT2D eigenvalue weighted by Crippen LogP contribution is -2.54. The Balaban J connectivity index is 1.47. The van der Waals surface area contributed by atoms with Gasteiger partial charge in [0.25, 0.3) is 0 Å². The van der Waals surface area contributed by atoms with Gasteiger partial charge in [-0.3, -0.25) is 0 Å². The molecular formula is C28H49N3O7. The third-order valence-electron chi connectivity index (χ3n) is 7.86.